The standard InChI is InChI=1S/C22H29N5O2S/c28-20(27-13-7-19-18(16-27)8-14-30-19)6-10-24-22(29)25-15-17-5-4-9-23-21(17)26-11-2-1-3-12-26/h4-5,8-9,14H,1-3,6-7,10-13,15-16H2,(H2,24,25,29). The summed E-state index contributed by atoms with van der Waals surface area (Å²) < 4.78 is 0. The summed E-state index contributed by atoms with van der Waals surface area (Å²) in [7, 11) is 0. The van der Waals surface area contributed by atoms with E-state index in [2.05, 4.69) is 32.0 Å². The normalized spacial score (nSPS) is 16.1. The maximum Gasteiger partial charge on any atom is 0.315 e. The maximum atomic E-state index is 12.5. The number of amides is 3. The van der Waals surface area contributed by atoms with Crippen molar-refractivity contribution in [2.24, 2.45) is 0 Å². The molecule has 2 N–H and O–H groups in total. The molecule has 7 nitrogen and oxygen atoms in total. The van der Waals surface area contributed by atoms with E-state index in [1.165, 1.54) is 29.7 Å². The lowest BCUT2D eigenvalue weighted by Gasteiger charge is -2.29. The van der Waals surface area contributed by atoms with Gasteiger partial charge in [0.25, 0.3) is 0 Å². The first-order valence-electron chi connectivity index (χ1n) is 10.7. The van der Waals surface area contributed by atoms with E-state index >= 15 is 0 Å². The molecule has 2 aliphatic rings. The van der Waals surface area contributed by atoms with E-state index in [1.807, 2.05) is 17.0 Å². The van der Waals surface area contributed by atoms with Crippen LogP contribution in [0.3, 0.4) is 0 Å². The van der Waals surface area contributed by atoms with Gasteiger partial charge in [0.05, 0.1) is 0 Å². The number of aromatic nitrogens is 1. The number of piperidine rings is 1. The van der Waals surface area contributed by atoms with Crippen LogP contribution >= 0.6 is 11.3 Å². The molecule has 0 unspecified atom stereocenters. The van der Waals surface area contributed by atoms with Gasteiger partial charge in [0.2, 0.25) is 5.91 Å². The van der Waals surface area contributed by atoms with Crippen molar-refractivity contribution in [1.82, 2.24) is 20.5 Å². The Morgan fingerprint density at radius 3 is 2.83 bits per heavy atom. The molecule has 2 aromatic rings. The van der Waals surface area contributed by atoms with Crippen molar-refractivity contribution in [3.8, 4) is 0 Å². The van der Waals surface area contributed by atoms with Crippen molar-refractivity contribution in [3.05, 3.63) is 45.8 Å². The molecule has 0 atom stereocenters. The average molecular weight is 428 g/mol. The van der Waals surface area contributed by atoms with E-state index in [9.17, 15) is 9.59 Å². The highest BCUT2D eigenvalue weighted by molar-refractivity contribution is 7.10. The number of urea groups is 1. The quantitative estimate of drug-likeness (QED) is 0.743. The Kier molecular flexibility index (Phi) is 6.84. The third-order valence-corrected chi connectivity index (χ3v) is 6.77. The first-order valence-corrected chi connectivity index (χ1v) is 11.6. The average Bonchev–Trinajstić information content (AvgIpc) is 3.26. The highest BCUT2D eigenvalue weighted by Crippen LogP contribution is 2.24. The molecule has 0 aromatic carbocycles. The van der Waals surface area contributed by atoms with Crippen molar-refractivity contribution < 1.29 is 9.59 Å². The van der Waals surface area contributed by atoms with Crippen LogP contribution in [-0.4, -0.2) is 48.0 Å². The lowest BCUT2D eigenvalue weighted by molar-refractivity contribution is -0.131. The first-order chi connectivity index (χ1) is 14.7. The number of hydrogen-bond donors (Lipinski definition) is 2. The Hall–Kier alpha value is -2.61. The number of fused-ring (bicyclic) bond motifs is 1. The van der Waals surface area contributed by atoms with Gasteiger partial charge in [-0.15, -0.1) is 11.3 Å². The monoisotopic (exact) mass is 427 g/mol. The van der Waals surface area contributed by atoms with Gasteiger partial charge in [0, 0.05) is 62.3 Å². The molecular formula is C22H29N5O2S. The summed E-state index contributed by atoms with van der Waals surface area (Å²) in [6.07, 6.45) is 6.68. The van der Waals surface area contributed by atoms with E-state index < -0.39 is 0 Å². The predicted molar refractivity (Wildman–Crippen MR) is 119 cm³/mol. The molecule has 2 aromatic heterocycles. The minimum absolute atomic E-state index is 0.0896. The molecule has 3 amide bonds. The highest BCUT2D eigenvalue weighted by atomic mass is 32.1. The van der Waals surface area contributed by atoms with Gasteiger partial charge < -0.3 is 20.4 Å². The lowest BCUT2D eigenvalue weighted by atomic mass is 10.1. The molecule has 1 saturated heterocycles. The number of hydrogen-bond acceptors (Lipinski definition) is 5. The number of rotatable bonds is 6. The Balaban J connectivity index is 1.20. The summed E-state index contributed by atoms with van der Waals surface area (Å²) in [5.41, 5.74) is 2.27. The molecule has 0 radical (unpaired) electrons. The second-order valence-corrected chi connectivity index (χ2v) is 8.83. The minimum Gasteiger partial charge on any atom is -0.356 e. The second kappa shape index (κ2) is 9.93. The third kappa shape index (κ3) is 5.11. The fourth-order valence-corrected chi connectivity index (χ4v) is 4.99. The van der Waals surface area contributed by atoms with Crippen LogP contribution in [0.1, 0.15) is 41.7 Å². The van der Waals surface area contributed by atoms with Crippen LogP contribution in [0, 0.1) is 0 Å². The number of carbonyl (C=O) groups excluding carboxylic acids is 2. The number of thiophene rings is 1. The molecule has 2 aliphatic heterocycles. The Bertz CT molecular complexity index is 878. The van der Waals surface area contributed by atoms with Crippen LogP contribution in [0.2, 0.25) is 0 Å². The summed E-state index contributed by atoms with van der Waals surface area (Å²) in [4.78, 5) is 34.8. The fraction of sp³-hybridized carbons (Fsp3) is 0.500. The van der Waals surface area contributed by atoms with Crippen LogP contribution in [0.4, 0.5) is 10.6 Å². The van der Waals surface area contributed by atoms with Crippen LogP contribution in [0.15, 0.2) is 29.8 Å². The number of anilines is 1. The van der Waals surface area contributed by atoms with E-state index in [0.29, 0.717) is 26.1 Å². The topological polar surface area (TPSA) is 77.6 Å². The van der Waals surface area contributed by atoms with Crippen LogP contribution in [0.25, 0.3) is 0 Å². The van der Waals surface area contributed by atoms with Crippen molar-refractivity contribution >= 4 is 29.1 Å². The van der Waals surface area contributed by atoms with E-state index in [0.717, 1.165) is 37.4 Å². The highest BCUT2D eigenvalue weighted by Gasteiger charge is 2.21. The number of pyridine rings is 1. The zero-order valence-corrected chi connectivity index (χ0v) is 18.0. The number of carbonyl (C=O) groups is 2. The van der Waals surface area contributed by atoms with E-state index in [4.69, 9.17) is 0 Å². The molecule has 0 aliphatic carbocycles. The van der Waals surface area contributed by atoms with Crippen LogP contribution in [-0.2, 0) is 24.3 Å². The van der Waals surface area contributed by atoms with Gasteiger partial charge in [-0.1, -0.05) is 6.07 Å². The summed E-state index contributed by atoms with van der Waals surface area (Å²) >= 11 is 1.76. The zero-order chi connectivity index (χ0) is 20.8. The maximum absolute atomic E-state index is 12.5. The fourth-order valence-electron chi connectivity index (χ4n) is 4.10. The minimum atomic E-state index is -0.255. The summed E-state index contributed by atoms with van der Waals surface area (Å²) in [6, 6.07) is 5.76. The molecule has 0 saturated carbocycles. The second-order valence-electron chi connectivity index (χ2n) is 7.83. The summed E-state index contributed by atoms with van der Waals surface area (Å²) in [6.45, 7) is 4.24. The van der Waals surface area contributed by atoms with Gasteiger partial charge in [0.1, 0.15) is 5.82 Å². The molecule has 8 heteroatoms. The smallest absolute Gasteiger partial charge is 0.315 e. The molecule has 0 spiro atoms. The summed E-state index contributed by atoms with van der Waals surface area (Å²) in [5.74, 6) is 1.05. The van der Waals surface area contributed by atoms with Gasteiger partial charge in [-0.05, 0) is 48.8 Å². The Morgan fingerprint density at radius 1 is 1.10 bits per heavy atom. The summed E-state index contributed by atoms with van der Waals surface area (Å²) in [5, 5.41) is 7.79. The largest absolute Gasteiger partial charge is 0.356 e. The predicted octanol–water partition coefficient (Wildman–Crippen LogP) is 2.91. The number of nitrogens with one attached hydrogen (secondary N) is 2. The van der Waals surface area contributed by atoms with Crippen molar-refractivity contribution in [1.29, 1.82) is 0 Å². The lowest BCUT2D eigenvalue weighted by Crippen LogP contribution is -2.40. The Morgan fingerprint density at radius 2 is 1.97 bits per heavy atom. The molecule has 0 bridgehead atoms. The van der Waals surface area contributed by atoms with Crippen LogP contribution in [0.5, 0.6) is 0 Å². The van der Waals surface area contributed by atoms with Gasteiger partial charge in [0.15, 0.2) is 0 Å². The van der Waals surface area contributed by atoms with Crippen molar-refractivity contribution in [2.45, 2.75) is 45.2 Å². The Labute approximate surface area is 181 Å². The molecule has 4 heterocycles. The molecular weight excluding hydrogens is 398 g/mol. The van der Waals surface area contributed by atoms with E-state index in [-0.39, 0.29) is 11.9 Å². The van der Waals surface area contributed by atoms with Gasteiger partial charge in [-0.3, -0.25) is 4.79 Å². The first kappa shape index (κ1) is 20.7. The van der Waals surface area contributed by atoms with Crippen molar-refractivity contribution in [2.75, 3.05) is 31.1 Å². The zero-order valence-electron chi connectivity index (χ0n) is 17.2. The van der Waals surface area contributed by atoms with Gasteiger partial charge >= 0.3 is 6.03 Å². The molecule has 4 rings (SSSR count). The number of nitrogens with zero attached hydrogens (tertiary/aromatic N) is 3. The molecule has 160 valence electrons. The van der Waals surface area contributed by atoms with Crippen molar-refractivity contribution in [3.63, 3.8) is 0 Å². The van der Waals surface area contributed by atoms with Gasteiger partial charge in [-0.25, -0.2) is 9.78 Å². The molecule has 1 fully saturated rings. The van der Waals surface area contributed by atoms with Gasteiger partial charge in [-0.2, -0.15) is 0 Å². The van der Waals surface area contributed by atoms with Crippen LogP contribution < -0.4 is 15.5 Å². The SMILES string of the molecule is O=C(NCCC(=O)N1CCc2sccc2C1)NCc1cccnc1N1CCCCC1. The van der Waals surface area contributed by atoms with E-state index in [1.54, 1.807) is 17.5 Å². The molecule has 30 heavy (non-hydrogen) atoms. The third-order valence-electron chi connectivity index (χ3n) is 5.75.